The van der Waals surface area contributed by atoms with Gasteiger partial charge in [-0.2, -0.15) is 4.98 Å². The van der Waals surface area contributed by atoms with E-state index in [0.29, 0.717) is 53.2 Å². The number of benzene rings is 2. The van der Waals surface area contributed by atoms with E-state index in [1.54, 1.807) is 26.5 Å². The summed E-state index contributed by atoms with van der Waals surface area (Å²) in [6.45, 7) is 2.01. The normalized spacial score (nSPS) is 12.4. The highest BCUT2D eigenvalue weighted by atomic mass is 16.5. The number of nitrogens with zero attached hydrogens (tertiary/aromatic N) is 2. The smallest absolute Gasteiger partial charge is 0.230 e. The van der Waals surface area contributed by atoms with Crippen molar-refractivity contribution < 1.29 is 19.0 Å². The molecule has 0 radical (unpaired) electrons. The number of methoxy groups -OCH3 is 2. The van der Waals surface area contributed by atoms with Crippen molar-refractivity contribution in [3.05, 3.63) is 59.3 Å². The van der Waals surface area contributed by atoms with Crippen molar-refractivity contribution in [2.24, 2.45) is 0 Å². The molecule has 1 aliphatic rings. The number of carbonyl (C=O) groups excluding carboxylic acids is 1. The number of aryl methyl sites for hydroxylation is 2. The fourth-order valence-corrected chi connectivity index (χ4v) is 3.47. The van der Waals surface area contributed by atoms with Gasteiger partial charge in [-0.15, -0.1) is 0 Å². The van der Waals surface area contributed by atoms with Crippen molar-refractivity contribution >= 4 is 17.4 Å². The van der Waals surface area contributed by atoms with Crippen LogP contribution in [0.4, 0.5) is 11.6 Å². The van der Waals surface area contributed by atoms with Gasteiger partial charge in [0.05, 0.1) is 25.5 Å². The molecule has 7 heteroatoms. The Morgan fingerprint density at radius 3 is 2.70 bits per heavy atom. The van der Waals surface area contributed by atoms with Gasteiger partial charge in [0, 0.05) is 24.2 Å². The highest BCUT2D eigenvalue weighted by Crippen LogP contribution is 2.35. The monoisotopic (exact) mass is 405 g/mol. The highest BCUT2D eigenvalue weighted by Gasteiger charge is 2.24. The molecule has 0 fully saturated rings. The van der Waals surface area contributed by atoms with Crippen LogP contribution in [0.5, 0.6) is 23.1 Å². The summed E-state index contributed by atoms with van der Waals surface area (Å²) < 4.78 is 16.8. The summed E-state index contributed by atoms with van der Waals surface area (Å²) in [5, 5.41) is 3.16. The van der Waals surface area contributed by atoms with Crippen LogP contribution in [-0.2, 0) is 12.8 Å². The van der Waals surface area contributed by atoms with E-state index in [4.69, 9.17) is 14.2 Å². The number of fused-ring (bicyclic) bond motifs is 1. The van der Waals surface area contributed by atoms with Gasteiger partial charge in [0.1, 0.15) is 17.2 Å². The van der Waals surface area contributed by atoms with Gasteiger partial charge >= 0.3 is 0 Å². The molecule has 0 bridgehead atoms. The Labute approximate surface area is 175 Å². The van der Waals surface area contributed by atoms with Crippen LogP contribution in [0.15, 0.2) is 42.6 Å². The van der Waals surface area contributed by atoms with Crippen LogP contribution in [0.1, 0.15) is 34.8 Å². The van der Waals surface area contributed by atoms with Crippen molar-refractivity contribution in [1.82, 2.24) is 9.97 Å². The fourth-order valence-electron chi connectivity index (χ4n) is 3.47. The predicted octanol–water partition coefficient (Wildman–Crippen LogP) is 4.72. The first kappa shape index (κ1) is 19.7. The summed E-state index contributed by atoms with van der Waals surface area (Å²) in [4.78, 5) is 21.3. The van der Waals surface area contributed by atoms with E-state index < -0.39 is 0 Å². The number of aromatic nitrogens is 2. The van der Waals surface area contributed by atoms with Crippen LogP contribution in [0.3, 0.4) is 0 Å². The van der Waals surface area contributed by atoms with Crippen molar-refractivity contribution in [2.75, 3.05) is 19.5 Å². The van der Waals surface area contributed by atoms with E-state index in [2.05, 4.69) is 15.3 Å². The number of Topliss-reactive ketones (excluding diaryl/α,β-unsaturated/α-hetero) is 1. The van der Waals surface area contributed by atoms with Crippen LogP contribution in [0.25, 0.3) is 0 Å². The van der Waals surface area contributed by atoms with Crippen molar-refractivity contribution in [3.63, 3.8) is 0 Å². The second kappa shape index (κ2) is 8.41. The first-order valence-corrected chi connectivity index (χ1v) is 9.80. The Morgan fingerprint density at radius 1 is 1.07 bits per heavy atom. The van der Waals surface area contributed by atoms with Gasteiger partial charge in [-0.05, 0) is 36.6 Å². The first-order chi connectivity index (χ1) is 14.6. The number of ketones is 1. The predicted molar refractivity (Wildman–Crippen MR) is 113 cm³/mol. The molecule has 154 valence electrons. The van der Waals surface area contributed by atoms with Crippen LogP contribution in [0, 0.1) is 0 Å². The maximum atomic E-state index is 12.3. The molecule has 0 saturated carbocycles. The maximum absolute atomic E-state index is 12.3. The lowest BCUT2D eigenvalue weighted by atomic mass is 10.1. The minimum absolute atomic E-state index is 0.106. The summed E-state index contributed by atoms with van der Waals surface area (Å²) in [5.74, 6) is 2.73. The van der Waals surface area contributed by atoms with Crippen molar-refractivity contribution in [3.8, 4) is 23.1 Å². The second-order valence-electron chi connectivity index (χ2n) is 6.88. The molecule has 0 saturated heterocycles. The SMILES string of the molecule is CCc1cnc(Nc2ccc(OC)cc2OC)nc1Oc1cccc2c1C(=O)CC2. The maximum Gasteiger partial charge on any atom is 0.230 e. The van der Waals surface area contributed by atoms with Gasteiger partial charge in [0.2, 0.25) is 11.8 Å². The fraction of sp³-hybridized carbons (Fsp3) is 0.261. The molecular weight excluding hydrogens is 382 g/mol. The largest absolute Gasteiger partial charge is 0.497 e. The molecule has 1 heterocycles. The molecule has 4 rings (SSSR count). The van der Waals surface area contributed by atoms with Crippen LogP contribution in [-0.4, -0.2) is 30.0 Å². The Morgan fingerprint density at radius 2 is 1.93 bits per heavy atom. The summed E-state index contributed by atoms with van der Waals surface area (Å²) in [7, 11) is 3.19. The highest BCUT2D eigenvalue weighted by molar-refractivity contribution is 6.03. The zero-order chi connectivity index (χ0) is 21.1. The molecule has 1 N–H and O–H groups in total. The molecule has 1 aromatic heterocycles. The zero-order valence-corrected chi connectivity index (χ0v) is 17.2. The van der Waals surface area contributed by atoms with Crippen LogP contribution < -0.4 is 19.5 Å². The van der Waals surface area contributed by atoms with Gasteiger partial charge < -0.3 is 19.5 Å². The average molecular weight is 405 g/mol. The summed E-state index contributed by atoms with van der Waals surface area (Å²) in [5.41, 5.74) is 3.23. The topological polar surface area (TPSA) is 82.6 Å². The van der Waals surface area contributed by atoms with Gasteiger partial charge in [-0.3, -0.25) is 4.79 Å². The molecule has 1 aliphatic carbocycles. The molecule has 30 heavy (non-hydrogen) atoms. The van der Waals surface area contributed by atoms with Gasteiger partial charge in [-0.1, -0.05) is 19.1 Å². The number of ether oxygens (including phenoxy) is 3. The third-order valence-electron chi connectivity index (χ3n) is 5.08. The van der Waals surface area contributed by atoms with E-state index >= 15 is 0 Å². The quantitative estimate of drug-likeness (QED) is 0.609. The van der Waals surface area contributed by atoms with E-state index in [0.717, 1.165) is 17.5 Å². The van der Waals surface area contributed by atoms with Crippen molar-refractivity contribution in [2.45, 2.75) is 26.2 Å². The number of rotatable bonds is 7. The number of carbonyl (C=O) groups is 1. The first-order valence-electron chi connectivity index (χ1n) is 9.80. The lowest BCUT2D eigenvalue weighted by molar-refractivity contribution is 0.0992. The summed E-state index contributed by atoms with van der Waals surface area (Å²) >= 11 is 0. The van der Waals surface area contributed by atoms with E-state index in [1.807, 2.05) is 37.3 Å². The van der Waals surface area contributed by atoms with Crippen molar-refractivity contribution in [1.29, 1.82) is 0 Å². The molecule has 0 atom stereocenters. The van der Waals surface area contributed by atoms with Gasteiger partial charge in [0.25, 0.3) is 0 Å². The molecule has 0 amide bonds. The van der Waals surface area contributed by atoms with E-state index in [1.165, 1.54) is 0 Å². The van der Waals surface area contributed by atoms with E-state index in [-0.39, 0.29) is 5.78 Å². The zero-order valence-electron chi connectivity index (χ0n) is 17.2. The Kier molecular flexibility index (Phi) is 5.52. The third-order valence-corrected chi connectivity index (χ3v) is 5.08. The van der Waals surface area contributed by atoms with Gasteiger partial charge in [-0.25, -0.2) is 4.98 Å². The van der Waals surface area contributed by atoms with E-state index in [9.17, 15) is 4.79 Å². The Bertz CT molecular complexity index is 1100. The van der Waals surface area contributed by atoms with Gasteiger partial charge in [0.15, 0.2) is 5.78 Å². The Hall–Kier alpha value is -3.61. The van der Waals surface area contributed by atoms with Crippen LogP contribution in [0.2, 0.25) is 0 Å². The number of nitrogens with one attached hydrogen (secondary N) is 1. The third kappa shape index (κ3) is 3.78. The average Bonchev–Trinajstić information content (AvgIpc) is 3.16. The second-order valence-corrected chi connectivity index (χ2v) is 6.88. The number of hydrogen-bond acceptors (Lipinski definition) is 7. The lowest BCUT2D eigenvalue weighted by Gasteiger charge is -2.14. The summed E-state index contributed by atoms with van der Waals surface area (Å²) in [6, 6.07) is 11.1. The minimum Gasteiger partial charge on any atom is -0.497 e. The number of anilines is 2. The molecule has 7 nitrogen and oxygen atoms in total. The lowest BCUT2D eigenvalue weighted by Crippen LogP contribution is -2.04. The molecule has 0 spiro atoms. The summed E-state index contributed by atoms with van der Waals surface area (Å²) in [6.07, 6.45) is 3.69. The molecule has 0 aliphatic heterocycles. The molecule has 3 aromatic rings. The number of hydrogen-bond donors (Lipinski definition) is 1. The van der Waals surface area contributed by atoms with Crippen LogP contribution >= 0.6 is 0 Å². The molecule has 0 unspecified atom stereocenters. The Balaban J connectivity index is 1.66. The minimum atomic E-state index is 0.106. The molecule has 2 aromatic carbocycles. The standard InChI is InChI=1S/C23H23N3O4/c1-4-14-13-24-23(25-17-10-9-16(28-2)12-20(17)29-3)26-22(14)30-19-7-5-6-15-8-11-18(27)21(15)19/h5-7,9-10,12-13H,4,8,11H2,1-3H3,(H,24,25,26). The molecular formula is C23H23N3O4.